The fourth-order valence-corrected chi connectivity index (χ4v) is 4.54. The molecule has 0 bridgehead atoms. The number of rotatable bonds is 6. The van der Waals surface area contributed by atoms with Crippen LogP contribution in [0.5, 0.6) is 0 Å². The van der Waals surface area contributed by atoms with Gasteiger partial charge in [0.05, 0.1) is 22.9 Å². The number of anilines is 1. The maximum atomic E-state index is 11.5. The summed E-state index contributed by atoms with van der Waals surface area (Å²) in [7, 11) is 0. The lowest BCUT2D eigenvalue weighted by molar-refractivity contribution is 0.0696. The van der Waals surface area contributed by atoms with Crippen LogP contribution in [-0.2, 0) is 0 Å². The van der Waals surface area contributed by atoms with Gasteiger partial charge in [-0.25, -0.2) is 9.59 Å². The molecule has 35 heavy (non-hydrogen) atoms. The minimum absolute atomic E-state index is 0.140. The Morgan fingerprint density at radius 1 is 0.914 bits per heavy atom. The molecular formula is C26H19N3O5S. The minimum Gasteiger partial charge on any atom is -0.478 e. The number of hydrogen-bond acceptors (Lipinski definition) is 5. The predicted molar refractivity (Wildman–Crippen MR) is 132 cm³/mol. The Hall–Kier alpha value is -4.50. The van der Waals surface area contributed by atoms with Crippen molar-refractivity contribution < 1.29 is 24.2 Å². The Morgan fingerprint density at radius 3 is 2.23 bits per heavy atom. The molecule has 0 amide bonds. The minimum atomic E-state index is -1.23. The second-order valence-electron chi connectivity index (χ2n) is 7.94. The van der Waals surface area contributed by atoms with Crippen LogP contribution in [0.1, 0.15) is 44.3 Å². The van der Waals surface area contributed by atoms with Crippen molar-refractivity contribution in [1.82, 2.24) is 10.3 Å². The lowest BCUT2D eigenvalue weighted by Gasteiger charge is -2.26. The highest BCUT2D eigenvalue weighted by atomic mass is 32.1. The zero-order valence-electron chi connectivity index (χ0n) is 18.2. The molecule has 3 heterocycles. The standard InChI is InChI=1S/C26H19N3O5S/c30-24(31)16-12-15(13-17(14-16)25(32)33)20-9-10-21(34-20)23-22(19-8-4-5-11-27-19)28-26(35)29(23)18-6-2-1-3-7-18/h1-14,22-23H,(H,28,35)(H,30,31)(H,32,33). The molecule has 3 N–H and O–H groups in total. The van der Waals surface area contributed by atoms with Crippen molar-refractivity contribution in [1.29, 1.82) is 0 Å². The lowest BCUT2D eigenvalue weighted by atomic mass is 10.0. The van der Waals surface area contributed by atoms with Crippen LogP contribution in [0.2, 0.25) is 0 Å². The van der Waals surface area contributed by atoms with Crippen LogP contribution in [0.15, 0.2) is 89.5 Å². The zero-order valence-corrected chi connectivity index (χ0v) is 19.0. The Bertz CT molecular complexity index is 1390. The smallest absolute Gasteiger partial charge is 0.335 e. The van der Waals surface area contributed by atoms with E-state index in [1.807, 2.05) is 53.4 Å². The Labute approximate surface area is 205 Å². The summed E-state index contributed by atoms with van der Waals surface area (Å²) >= 11 is 5.68. The third-order valence-electron chi connectivity index (χ3n) is 5.76. The fourth-order valence-electron chi connectivity index (χ4n) is 4.19. The first-order valence-electron chi connectivity index (χ1n) is 10.7. The van der Waals surface area contributed by atoms with E-state index in [9.17, 15) is 19.8 Å². The predicted octanol–water partition coefficient (Wildman–Crippen LogP) is 4.92. The Balaban J connectivity index is 1.61. The lowest BCUT2D eigenvalue weighted by Crippen LogP contribution is -2.29. The first-order valence-corrected chi connectivity index (χ1v) is 11.1. The number of aromatic carboxylic acids is 2. The molecule has 0 radical (unpaired) electrons. The maximum Gasteiger partial charge on any atom is 0.335 e. The molecular weight excluding hydrogens is 466 g/mol. The second-order valence-corrected chi connectivity index (χ2v) is 8.33. The molecule has 1 fully saturated rings. The third kappa shape index (κ3) is 4.24. The van der Waals surface area contributed by atoms with Crippen molar-refractivity contribution in [3.05, 3.63) is 108 Å². The number of benzene rings is 2. The van der Waals surface area contributed by atoms with Crippen molar-refractivity contribution in [2.45, 2.75) is 12.1 Å². The van der Waals surface area contributed by atoms with Crippen LogP contribution in [0, 0.1) is 0 Å². The number of aromatic nitrogens is 1. The van der Waals surface area contributed by atoms with Gasteiger partial charge in [-0.05, 0) is 66.8 Å². The number of carbonyl (C=O) groups is 2. The average Bonchev–Trinajstić information content (AvgIpc) is 3.49. The van der Waals surface area contributed by atoms with E-state index in [2.05, 4.69) is 10.3 Å². The van der Waals surface area contributed by atoms with Crippen molar-refractivity contribution in [3.8, 4) is 11.3 Å². The van der Waals surface area contributed by atoms with Crippen molar-refractivity contribution in [2.24, 2.45) is 0 Å². The highest BCUT2D eigenvalue weighted by molar-refractivity contribution is 7.80. The number of thiocarbonyl (C=S) groups is 1. The van der Waals surface area contributed by atoms with Crippen LogP contribution in [0.3, 0.4) is 0 Å². The van der Waals surface area contributed by atoms with Crippen molar-refractivity contribution >= 4 is 35.0 Å². The summed E-state index contributed by atoms with van der Waals surface area (Å²) in [6.45, 7) is 0. The molecule has 1 aliphatic rings. The quantitative estimate of drug-likeness (QED) is 0.327. The normalized spacial score (nSPS) is 17.3. The molecule has 0 aliphatic carbocycles. The molecule has 1 saturated heterocycles. The first kappa shape index (κ1) is 22.3. The number of carboxylic acids is 2. The molecule has 1 aliphatic heterocycles. The number of nitrogens with zero attached hydrogens (tertiary/aromatic N) is 2. The van der Waals surface area contributed by atoms with Crippen LogP contribution in [0.4, 0.5) is 5.69 Å². The van der Waals surface area contributed by atoms with Gasteiger partial charge in [0, 0.05) is 17.4 Å². The van der Waals surface area contributed by atoms with Gasteiger partial charge in [0.25, 0.3) is 0 Å². The summed E-state index contributed by atoms with van der Waals surface area (Å²) in [5, 5.41) is 22.7. The molecule has 2 aromatic carbocycles. The molecule has 9 heteroatoms. The number of carboxylic acid groups (broad SMARTS) is 2. The second kappa shape index (κ2) is 9.03. The molecule has 2 aromatic heterocycles. The van der Waals surface area contributed by atoms with Gasteiger partial charge in [0.15, 0.2) is 5.11 Å². The van der Waals surface area contributed by atoms with E-state index in [0.29, 0.717) is 22.2 Å². The van der Waals surface area contributed by atoms with Gasteiger partial charge < -0.3 is 24.8 Å². The van der Waals surface area contributed by atoms with Gasteiger partial charge in [-0.3, -0.25) is 4.98 Å². The summed E-state index contributed by atoms with van der Waals surface area (Å²) < 4.78 is 6.22. The first-order chi connectivity index (χ1) is 16.9. The number of para-hydroxylation sites is 1. The summed E-state index contributed by atoms with van der Waals surface area (Å²) in [4.78, 5) is 29.6. The van der Waals surface area contributed by atoms with E-state index in [-0.39, 0.29) is 17.2 Å². The number of hydrogen-bond donors (Lipinski definition) is 3. The van der Waals surface area contributed by atoms with Gasteiger partial charge >= 0.3 is 11.9 Å². The summed E-state index contributed by atoms with van der Waals surface area (Å²) in [6.07, 6.45) is 1.71. The third-order valence-corrected chi connectivity index (χ3v) is 6.08. The van der Waals surface area contributed by atoms with Gasteiger partial charge in [-0.15, -0.1) is 0 Å². The van der Waals surface area contributed by atoms with Crippen LogP contribution in [-0.4, -0.2) is 32.2 Å². The number of nitrogens with one attached hydrogen (secondary N) is 1. The van der Waals surface area contributed by atoms with E-state index in [0.717, 1.165) is 17.4 Å². The largest absolute Gasteiger partial charge is 0.478 e. The number of furan rings is 1. The summed E-state index contributed by atoms with van der Waals surface area (Å²) in [6, 6.07) is 21.9. The van der Waals surface area contributed by atoms with E-state index in [4.69, 9.17) is 16.6 Å². The molecule has 8 nitrogen and oxygen atoms in total. The Kier molecular flexibility index (Phi) is 5.76. The van der Waals surface area contributed by atoms with Gasteiger partial charge in [0.2, 0.25) is 0 Å². The highest BCUT2D eigenvalue weighted by Crippen LogP contribution is 2.42. The summed E-state index contributed by atoms with van der Waals surface area (Å²) in [5.74, 6) is -1.55. The molecule has 0 saturated carbocycles. The van der Waals surface area contributed by atoms with Crippen molar-refractivity contribution in [2.75, 3.05) is 4.90 Å². The van der Waals surface area contributed by atoms with E-state index in [1.165, 1.54) is 12.1 Å². The molecule has 4 aromatic rings. The highest BCUT2D eigenvalue weighted by Gasteiger charge is 2.42. The van der Waals surface area contributed by atoms with Gasteiger partial charge in [0.1, 0.15) is 17.6 Å². The number of pyridine rings is 1. The average molecular weight is 486 g/mol. The maximum absolute atomic E-state index is 11.5. The van der Waals surface area contributed by atoms with E-state index >= 15 is 0 Å². The molecule has 2 unspecified atom stereocenters. The van der Waals surface area contributed by atoms with E-state index < -0.39 is 18.0 Å². The molecule has 2 atom stereocenters. The van der Waals surface area contributed by atoms with E-state index in [1.54, 1.807) is 18.3 Å². The topological polar surface area (TPSA) is 116 Å². The van der Waals surface area contributed by atoms with Crippen LogP contribution < -0.4 is 10.2 Å². The van der Waals surface area contributed by atoms with Crippen LogP contribution in [0.25, 0.3) is 11.3 Å². The monoisotopic (exact) mass is 485 g/mol. The van der Waals surface area contributed by atoms with Crippen molar-refractivity contribution in [3.63, 3.8) is 0 Å². The summed E-state index contributed by atoms with van der Waals surface area (Å²) in [5.41, 5.74) is 1.71. The van der Waals surface area contributed by atoms with Gasteiger partial charge in [-0.1, -0.05) is 24.3 Å². The molecule has 5 rings (SSSR count). The Morgan fingerprint density at radius 2 is 1.60 bits per heavy atom. The van der Waals surface area contributed by atoms with Gasteiger partial charge in [-0.2, -0.15) is 0 Å². The fraction of sp³-hybridized carbons (Fsp3) is 0.0769. The molecule has 0 spiro atoms. The SMILES string of the molecule is O=C(O)c1cc(C(=O)O)cc(-c2ccc(C3C(c4ccccn4)NC(=S)N3c3ccccc3)o2)c1. The zero-order chi connectivity index (χ0) is 24.5. The van der Waals surface area contributed by atoms with Crippen LogP contribution >= 0.6 is 12.2 Å². The molecule has 174 valence electrons.